The second-order valence-corrected chi connectivity index (χ2v) is 5.39. The first-order valence-corrected chi connectivity index (χ1v) is 6.96. The number of aliphatic hydroxyl groups excluding tert-OH is 1. The van der Waals surface area contributed by atoms with Gasteiger partial charge in [0.2, 0.25) is 5.91 Å². The summed E-state index contributed by atoms with van der Waals surface area (Å²) in [4.78, 5) is 11.7. The number of hydrogen-bond acceptors (Lipinski definition) is 3. The Labute approximate surface area is 103 Å². The first-order valence-electron chi connectivity index (χ1n) is 6.96. The minimum Gasteiger partial charge on any atom is -0.391 e. The summed E-state index contributed by atoms with van der Waals surface area (Å²) in [7, 11) is 0. The molecular formula is C13H24N2O2. The van der Waals surface area contributed by atoms with Crippen LogP contribution in [0.15, 0.2) is 0 Å². The van der Waals surface area contributed by atoms with Crippen molar-refractivity contribution in [2.75, 3.05) is 6.54 Å². The second-order valence-electron chi connectivity index (χ2n) is 5.39. The second kappa shape index (κ2) is 6.36. The molecule has 0 heterocycles. The summed E-state index contributed by atoms with van der Waals surface area (Å²) in [5, 5.41) is 16.0. The molecule has 0 saturated heterocycles. The molecule has 0 radical (unpaired) electrons. The van der Waals surface area contributed by atoms with Crippen LogP contribution in [0.2, 0.25) is 0 Å². The van der Waals surface area contributed by atoms with Crippen molar-refractivity contribution < 1.29 is 9.90 Å². The van der Waals surface area contributed by atoms with E-state index >= 15 is 0 Å². The van der Waals surface area contributed by atoms with E-state index in [2.05, 4.69) is 10.6 Å². The van der Waals surface area contributed by atoms with Crippen LogP contribution < -0.4 is 10.6 Å². The summed E-state index contributed by atoms with van der Waals surface area (Å²) >= 11 is 0. The predicted molar refractivity (Wildman–Crippen MR) is 66.7 cm³/mol. The highest BCUT2D eigenvalue weighted by atomic mass is 16.3. The molecule has 0 bridgehead atoms. The van der Waals surface area contributed by atoms with Crippen molar-refractivity contribution in [3.8, 4) is 0 Å². The molecule has 4 heteroatoms. The van der Waals surface area contributed by atoms with Gasteiger partial charge in [0.05, 0.1) is 18.7 Å². The molecule has 4 nitrogen and oxygen atoms in total. The zero-order valence-electron chi connectivity index (χ0n) is 10.5. The van der Waals surface area contributed by atoms with Gasteiger partial charge in [0.15, 0.2) is 0 Å². The van der Waals surface area contributed by atoms with Gasteiger partial charge >= 0.3 is 0 Å². The van der Waals surface area contributed by atoms with Crippen molar-refractivity contribution >= 4 is 5.91 Å². The van der Waals surface area contributed by atoms with Gasteiger partial charge in [-0.05, 0) is 25.7 Å². The van der Waals surface area contributed by atoms with Crippen LogP contribution in [0.4, 0.5) is 0 Å². The Morgan fingerprint density at radius 3 is 2.41 bits per heavy atom. The average molecular weight is 240 g/mol. The topological polar surface area (TPSA) is 61.4 Å². The Bertz CT molecular complexity index is 252. The summed E-state index contributed by atoms with van der Waals surface area (Å²) in [6.07, 6.45) is 8.52. The van der Waals surface area contributed by atoms with Crippen LogP contribution in [0.3, 0.4) is 0 Å². The maximum absolute atomic E-state index is 11.7. The summed E-state index contributed by atoms with van der Waals surface area (Å²) in [6.45, 7) is 0.397. The number of aliphatic hydroxyl groups is 1. The third-order valence-electron chi connectivity index (χ3n) is 3.98. The normalized spacial score (nSPS) is 30.4. The van der Waals surface area contributed by atoms with Gasteiger partial charge in [-0.3, -0.25) is 4.79 Å². The van der Waals surface area contributed by atoms with Gasteiger partial charge in [-0.1, -0.05) is 25.7 Å². The smallest absolute Gasteiger partial charge is 0.234 e. The summed E-state index contributed by atoms with van der Waals surface area (Å²) in [5.74, 6) is 0.0304. The minimum absolute atomic E-state index is 0.0263. The summed E-state index contributed by atoms with van der Waals surface area (Å²) in [6, 6.07) is 0.499. The maximum Gasteiger partial charge on any atom is 0.234 e. The van der Waals surface area contributed by atoms with Gasteiger partial charge in [-0.2, -0.15) is 0 Å². The Morgan fingerprint density at radius 1 is 1.06 bits per heavy atom. The molecule has 0 aromatic heterocycles. The van der Waals surface area contributed by atoms with Crippen LogP contribution in [0.25, 0.3) is 0 Å². The molecular weight excluding hydrogens is 216 g/mol. The van der Waals surface area contributed by atoms with Crippen LogP contribution in [0, 0.1) is 0 Å². The van der Waals surface area contributed by atoms with E-state index in [4.69, 9.17) is 0 Å². The third kappa shape index (κ3) is 3.96. The standard InChI is InChI=1S/C13H24N2O2/c16-12-8-4-3-7-11(12)15-13(17)9-14-10-5-1-2-6-10/h10-12,14,16H,1-9H2,(H,15,17). The largest absolute Gasteiger partial charge is 0.391 e. The molecule has 2 atom stereocenters. The van der Waals surface area contributed by atoms with Crippen LogP contribution in [-0.4, -0.2) is 35.7 Å². The molecule has 0 aliphatic heterocycles. The molecule has 3 N–H and O–H groups in total. The highest BCUT2D eigenvalue weighted by molar-refractivity contribution is 5.78. The molecule has 1 amide bonds. The maximum atomic E-state index is 11.7. The van der Waals surface area contributed by atoms with Gasteiger partial charge in [-0.25, -0.2) is 0 Å². The minimum atomic E-state index is -0.348. The van der Waals surface area contributed by atoms with E-state index < -0.39 is 0 Å². The van der Waals surface area contributed by atoms with E-state index in [-0.39, 0.29) is 18.1 Å². The van der Waals surface area contributed by atoms with E-state index in [0.29, 0.717) is 12.6 Å². The van der Waals surface area contributed by atoms with E-state index in [1.54, 1.807) is 0 Å². The Kier molecular flexibility index (Phi) is 4.80. The van der Waals surface area contributed by atoms with Crippen LogP contribution >= 0.6 is 0 Å². The lowest BCUT2D eigenvalue weighted by molar-refractivity contribution is -0.122. The molecule has 0 aromatic rings. The molecule has 2 unspecified atom stereocenters. The van der Waals surface area contributed by atoms with Gasteiger partial charge in [0.25, 0.3) is 0 Å². The predicted octanol–water partition coefficient (Wildman–Crippen LogP) is 0.938. The summed E-state index contributed by atoms with van der Waals surface area (Å²) in [5.41, 5.74) is 0. The first kappa shape index (κ1) is 12.8. The number of carbonyl (C=O) groups is 1. The van der Waals surface area contributed by atoms with Crippen LogP contribution in [0.1, 0.15) is 51.4 Å². The van der Waals surface area contributed by atoms with Crippen molar-refractivity contribution in [2.24, 2.45) is 0 Å². The molecule has 2 saturated carbocycles. The highest BCUT2D eigenvalue weighted by Crippen LogP contribution is 2.19. The van der Waals surface area contributed by atoms with E-state index in [9.17, 15) is 9.90 Å². The molecule has 98 valence electrons. The van der Waals surface area contributed by atoms with Crippen molar-refractivity contribution in [1.82, 2.24) is 10.6 Å². The quantitative estimate of drug-likeness (QED) is 0.685. The van der Waals surface area contributed by atoms with Gasteiger partial charge in [-0.15, -0.1) is 0 Å². The average Bonchev–Trinajstić information content (AvgIpc) is 2.82. The molecule has 0 spiro atoms. The van der Waals surface area contributed by atoms with Crippen molar-refractivity contribution in [3.05, 3.63) is 0 Å². The third-order valence-corrected chi connectivity index (χ3v) is 3.98. The Morgan fingerprint density at radius 2 is 1.71 bits per heavy atom. The number of hydrogen-bond donors (Lipinski definition) is 3. The molecule has 2 fully saturated rings. The van der Waals surface area contributed by atoms with Gasteiger partial charge in [0.1, 0.15) is 0 Å². The van der Waals surface area contributed by atoms with Crippen LogP contribution in [-0.2, 0) is 4.79 Å². The number of rotatable bonds is 4. The van der Waals surface area contributed by atoms with Gasteiger partial charge in [0, 0.05) is 6.04 Å². The first-order chi connectivity index (χ1) is 8.25. The summed E-state index contributed by atoms with van der Waals surface area (Å²) < 4.78 is 0. The molecule has 0 aromatic carbocycles. The molecule has 2 aliphatic rings. The van der Waals surface area contributed by atoms with Gasteiger partial charge < -0.3 is 15.7 Å². The van der Waals surface area contributed by atoms with Crippen molar-refractivity contribution in [3.63, 3.8) is 0 Å². The number of carbonyl (C=O) groups excluding carboxylic acids is 1. The lowest BCUT2D eigenvalue weighted by Gasteiger charge is -2.28. The highest BCUT2D eigenvalue weighted by Gasteiger charge is 2.24. The molecule has 2 aliphatic carbocycles. The van der Waals surface area contributed by atoms with Crippen LogP contribution in [0.5, 0.6) is 0 Å². The SMILES string of the molecule is O=C(CNC1CCCC1)NC1CCCCC1O. The zero-order chi connectivity index (χ0) is 12.1. The molecule has 17 heavy (non-hydrogen) atoms. The van der Waals surface area contributed by atoms with E-state index in [1.165, 1.54) is 25.7 Å². The lowest BCUT2D eigenvalue weighted by atomic mass is 9.92. The Hall–Kier alpha value is -0.610. The fourth-order valence-corrected chi connectivity index (χ4v) is 2.90. The number of nitrogens with one attached hydrogen (secondary N) is 2. The fraction of sp³-hybridized carbons (Fsp3) is 0.923. The van der Waals surface area contributed by atoms with E-state index in [1.807, 2.05) is 0 Å². The number of amides is 1. The zero-order valence-corrected chi connectivity index (χ0v) is 10.5. The van der Waals surface area contributed by atoms with Crippen molar-refractivity contribution in [1.29, 1.82) is 0 Å². The molecule has 2 rings (SSSR count). The van der Waals surface area contributed by atoms with E-state index in [0.717, 1.165) is 25.7 Å². The lowest BCUT2D eigenvalue weighted by Crippen LogP contribution is -2.48. The Balaban J connectivity index is 1.65. The van der Waals surface area contributed by atoms with Crippen molar-refractivity contribution in [2.45, 2.75) is 69.6 Å². The fourth-order valence-electron chi connectivity index (χ4n) is 2.90. The monoisotopic (exact) mass is 240 g/mol.